The molecule has 3 aromatic rings. The summed E-state index contributed by atoms with van der Waals surface area (Å²) in [6.45, 7) is 0. The van der Waals surface area contributed by atoms with Crippen LogP contribution in [0.1, 0.15) is 0 Å². The fraction of sp³-hybridized carbons (Fsp3) is 0.0625. The smallest absolute Gasteiger partial charge is 0.262 e. The lowest BCUT2D eigenvalue weighted by Gasteiger charge is -2.11. The number of pyridine rings is 1. The van der Waals surface area contributed by atoms with Crippen molar-refractivity contribution in [3.63, 3.8) is 0 Å². The summed E-state index contributed by atoms with van der Waals surface area (Å²) in [6.07, 6.45) is 1.58. The molecule has 0 aliphatic carbocycles. The Balaban J connectivity index is 2.02. The van der Waals surface area contributed by atoms with Crippen LogP contribution in [-0.2, 0) is 10.0 Å². The molecule has 0 radical (unpaired) electrons. The van der Waals surface area contributed by atoms with Crippen LogP contribution in [-0.4, -0.2) is 20.5 Å². The number of rotatable bonds is 4. The molecule has 0 saturated carbocycles. The Morgan fingerprint density at radius 2 is 1.91 bits per heavy atom. The first-order valence-corrected chi connectivity index (χ1v) is 8.20. The quantitative estimate of drug-likeness (QED) is 0.797. The minimum atomic E-state index is -3.94. The zero-order valence-corrected chi connectivity index (χ0v) is 13.0. The SMILES string of the molecule is COc1ccc(S(=O)(=O)Nc2cccc3cccnc23)cc1F. The molecule has 7 heteroatoms. The fourth-order valence-electron chi connectivity index (χ4n) is 2.20. The number of hydrogen-bond donors (Lipinski definition) is 1. The van der Waals surface area contributed by atoms with E-state index in [2.05, 4.69) is 9.71 Å². The number of para-hydroxylation sites is 1. The summed E-state index contributed by atoms with van der Waals surface area (Å²) in [5.74, 6) is -0.762. The van der Waals surface area contributed by atoms with Crippen molar-refractivity contribution < 1.29 is 17.5 Å². The van der Waals surface area contributed by atoms with Gasteiger partial charge in [-0.3, -0.25) is 9.71 Å². The number of halogens is 1. The molecular formula is C16H13FN2O3S. The topological polar surface area (TPSA) is 68.3 Å². The van der Waals surface area contributed by atoms with Gasteiger partial charge in [-0.05, 0) is 30.3 Å². The highest BCUT2D eigenvalue weighted by Gasteiger charge is 2.18. The van der Waals surface area contributed by atoms with E-state index in [1.165, 1.54) is 19.2 Å². The van der Waals surface area contributed by atoms with Crippen molar-refractivity contribution in [1.82, 2.24) is 4.98 Å². The molecular weight excluding hydrogens is 319 g/mol. The normalized spacial score (nSPS) is 11.4. The largest absolute Gasteiger partial charge is 0.494 e. The Hall–Kier alpha value is -2.67. The highest BCUT2D eigenvalue weighted by molar-refractivity contribution is 7.92. The van der Waals surface area contributed by atoms with Crippen molar-refractivity contribution in [1.29, 1.82) is 0 Å². The maximum atomic E-state index is 13.7. The first kappa shape index (κ1) is 15.2. The molecule has 5 nitrogen and oxygen atoms in total. The zero-order chi connectivity index (χ0) is 16.4. The number of ether oxygens (including phenoxy) is 1. The van der Waals surface area contributed by atoms with Crippen molar-refractivity contribution in [2.45, 2.75) is 4.90 Å². The standard InChI is InChI=1S/C16H13FN2O3S/c1-22-15-8-7-12(10-13(15)17)23(20,21)19-14-6-2-4-11-5-3-9-18-16(11)14/h2-10,19H,1H3. The monoisotopic (exact) mass is 332 g/mol. The maximum Gasteiger partial charge on any atom is 0.262 e. The number of aromatic nitrogens is 1. The van der Waals surface area contributed by atoms with E-state index in [1.807, 2.05) is 12.1 Å². The van der Waals surface area contributed by atoms with Gasteiger partial charge < -0.3 is 4.74 Å². The van der Waals surface area contributed by atoms with Gasteiger partial charge in [0.05, 0.1) is 23.2 Å². The third-order valence-electron chi connectivity index (χ3n) is 3.31. The molecule has 0 amide bonds. The van der Waals surface area contributed by atoms with Gasteiger partial charge in [-0.15, -0.1) is 0 Å². The lowest BCUT2D eigenvalue weighted by atomic mass is 10.2. The minimum absolute atomic E-state index is 0.0178. The number of nitrogens with zero attached hydrogens (tertiary/aromatic N) is 1. The van der Waals surface area contributed by atoms with Crippen molar-refractivity contribution in [2.75, 3.05) is 11.8 Å². The Bertz CT molecular complexity index is 969. The van der Waals surface area contributed by atoms with E-state index < -0.39 is 15.8 Å². The summed E-state index contributed by atoms with van der Waals surface area (Å²) < 4.78 is 45.9. The van der Waals surface area contributed by atoms with Gasteiger partial charge in [0.25, 0.3) is 10.0 Å². The molecule has 1 N–H and O–H groups in total. The van der Waals surface area contributed by atoms with Gasteiger partial charge in [-0.1, -0.05) is 18.2 Å². The Kier molecular flexibility index (Phi) is 3.87. The van der Waals surface area contributed by atoms with Gasteiger partial charge in [-0.2, -0.15) is 0 Å². The summed E-state index contributed by atoms with van der Waals surface area (Å²) in [5, 5.41) is 0.800. The molecule has 0 aliphatic heterocycles. The predicted octanol–water partition coefficient (Wildman–Crippen LogP) is 3.18. The van der Waals surface area contributed by atoms with Crippen molar-refractivity contribution in [3.05, 3.63) is 60.5 Å². The van der Waals surface area contributed by atoms with Crippen LogP contribution < -0.4 is 9.46 Å². The summed E-state index contributed by atoms with van der Waals surface area (Å²) >= 11 is 0. The number of anilines is 1. The third kappa shape index (κ3) is 2.95. The van der Waals surface area contributed by atoms with Gasteiger partial charge in [-0.25, -0.2) is 12.8 Å². The molecule has 0 saturated heterocycles. The van der Waals surface area contributed by atoms with Crippen LogP contribution >= 0.6 is 0 Å². The van der Waals surface area contributed by atoms with Crippen LogP contribution in [0.4, 0.5) is 10.1 Å². The van der Waals surface area contributed by atoms with E-state index in [4.69, 9.17) is 4.74 Å². The van der Waals surface area contributed by atoms with E-state index >= 15 is 0 Å². The second-order valence-electron chi connectivity index (χ2n) is 4.78. The molecule has 3 rings (SSSR count). The summed E-state index contributed by atoms with van der Waals surface area (Å²) in [5.41, 5.74) is 0.854. The molecule has 23 heavy (non-hydrogen) atoms. The highest BCUT2D eigenvalue weighted by atomic mass is 32.2. The van der Waals surface area contributed by atoms with Crippen molar-refractivity contribution >= 4 is 26.6 Å². The lowest BCUT2D eigenvalue weighted by Crippen LogP contribution is -2.13. The molecule has 1 heterocycles. The van der Waals surface area contributed by atoms with E-state index in [0.717, 1.165) is 11.5 Å². The van der Waals surface area contributed by atoms with Gasteiger partial charge in [0.15, 0.2) is 11.6 Å². The Labute approximate surface area is 132 Å². The van der Waals surface area contributed by atoms with Crippen molar-refractivity contribution in [3.8, 4) is 5.75 Å². The second-order valence-corrected chi connectivity index (χ2v) is 6.46. The van der Waals surface area contributed by atoms with Gasteiger partial charge >= 0.3 is 0 Å². The first-order chi connectivity index (χ1) is 11.0. The van der Waals surface area contributed by atoms with Crippen LogP contribution in [0, 0.1) is 5.82 Å². The first-order valence-electron chi connectivity index (χ1n) is 6.71. The van der Waals surface area contributed by atoms with E-state index in [1.54, 1.807) is 24.4 Å². The van der Waals surface area contributed by atoms with Crippen LogP contribution in [0.25, 0.3) is 10.9 Å². The molecule has 0 bridgehead atoms. The Morgan fingerprint density at radius 1 is 1.13 bits per heavy atom. The molecule has 1 aromatic heterocycles. The molecule has 2 aromatic carbocycles. The lowest BCUT2D eigenvalue weighted by molar-refractivity contribution is 0.385. The molecule has 0 fully saturated rings. The molecule has 0 atom stereocenters. The number of sulfonamides is 1. The summed E-state index contributed by atoms with van der Waals surface area (Å²) in [4.78, 5) is 3.99. The average Bonchev–Trinajstić information content (AvgIpc) is 2.55. The predicted molar refractivity (Wildman–Crippen MR) is 85.5 cm³/mol. The molecule has 0 aliphatic rings. The molecule has 118 valence electrons. The van der Waals surface area contributed by atoms with Crippen LogP contribution in [0.5, 0.6) is 5.75 Å². The van der Waals surface area contributed by atoms with Crippen LogP contribution in [0.2, 0.25) is 0 Å². The number of hydrogen-bond acceptors (Lipinski definition) is 4. The fourth-order valence-corrected chi connectivity index (χ4v) is 3.28. The summed E-state index contributed by atoms with van der Waals surface area (Å²) in [6, 6.07) is 12.2. The number of methoxy groups -OCH3 is 1. The van der Waals surface area contributed by atoms with Gasteiger partial charge in [0, 0.05) is 11.6 Å². The number of nitrogens with one attached hydrogen (secondary N) is 1. The maximum absolute atomic E-state index is 13.7. The average molecular weight is 332 g/mol. The highest BCUT2D eigenvalue weighted by Crippen LogP contribution is 2.25. The second kappa shape index (κ2) is 5.85. The van der Waals surface area contributed by atoms with Crippen LogP contribution in [0.15, 0.2) is 59.6 Å². The van der Waals surface area contributed by atoms with E-state index in [0.29, 0.717) is 11.2 Å². The minimum Gasteiger partial charge on any atom is -0.494 e. The van der Waals surface area contributed by atoms with Crippen LogP contribution in [0.3, 0.4) is 0 Å². The van der Waals surface area contributed by atoms with E-state index in [-0.39, 0.29) is 10.6 Å². The van der Waals surface area contributed by atoms with Gasteiger partial charge in [0.2, 0.25) is 0 Å². The number of benzene rings is 2. The zero-order valence-electron chi connectivity index (χ0n) is 12.2. The summed E-state index contributed by atoms with van der Waals surface area (Å²) in [7, 11) is -2.63. The van der Waals surface area contributed by atoms with Crippen molar-refractivity contribution in [2.24, 2.45) is 0 Å². The molecule has 0 spiro atoms. The molecule has 0 unspecified atom stereocenters. The van der Waals surface area contributed by atoms with Gasteiger partial charge in [0.1, 0.15) is 0 Å². The van der Waals surface area contributed by atoms with E-state index in [9.17, 15) is 12.8 Å². The Morgan fingerprint density at radius 3 is 2.65 bits per heavy atom. The number of fused-ring (bicyclic) bond motifs is 1. The third-order valence-corrected chi connectivity index (χ3v) is 4.67.